The summed E-state index contributed by atoms with van der Waals surface area (Å²) in [5.74, 6) is -0.269. The molecule has 2 aromatic rings. The normalized spacial score (nSPS) is 19.4. The summed E-state index contributed by atoms with van der Waals surface area (Å²) in [5.41, 5.74) is 10.1. The summed E-state index contributed by atoms with van der Waals surface area (Å²) in [6.45, 7) is 2.56. The molecule has 0 fully saturated rings. The first kappa shape index (κ1) is 13.3. The Hall–Kier alpha value is -1.71. The maximum atomic E-state index is 14.0. The molecule has 2 N–H and O–H groups in total. The zero-order chi connectivity index (χ0) is 14.1. The summed E-state index contributed by atoms with van der Waals surface area (Å²) in [4.78, 5) is 0. The molecular formula is C17H18FNO. The number of benzene rings is 2. The quantitative estimate of drug-likeness (QED) is 0.908. The predicted molar refractivity (Wildman–Crippen MR) is 76.9 cm³/mol. The third-order valence-corrected chi connectivity index (χ3v) is 3.87. The lowest BCUT2D eigenvalue weighted by atomic mass is 9.89. The molecule has 2 aromatic carbocycles. The number of nitrogens with two attached hydrogens (primary N) is 1. The molecule has 0 saturated heterocycles. The number of fused-ring (bicyclic) bond motifs is 1. The van der Waals surface area contributed by atoms with E-state index in [1.165, 1.54) is 11.6 Å². The Morgan fingerprint density at radius 2 is 2.05 bits per heavy atom. The van der Waals surface area contributed by atoms with Crippen molar-refractivity contribution in [2.75, 3.05) is 6.61 Å². The average molecular weight is 271 g/mol. The molecular weight excluding hydrogens is 253 g/mol. The van der Waals surface area contributed by atoms with Gasteiger partial charge >= 0.3 is 0 Å². The van der Waals surface area contributed by atoms with Gasteiger partial charge in [-0.15, -0.1) is 0 Å². The minimum Gasteiger partial charge on any atom is -0.371 e. The van der Waals surface area contributed by atoms with E-state index in [1.807, 2.05) is 25.1 Å². The Morgan fingerprint density at radius 1 is 1.25 bits per heavy atom. The molecule has 1 heterocycles. The predicted octanol–water partition coefficient (Wildman–Crippen LogP) is 3.45. The molecule has 0 aromatic heterocycles. The summed E-state index contributed by atoms with van der Waals surface area (Å²) in [5, 5.41) is 0. The second kappa shape index (κ2) is 5.35. The summed E-state index contributed by atoms with van der Waals surface area (Å²) in [6, 6.07) is 12.6. The van der Waals surface area contributed by atoms with Crippen LogP contribution in [0.25, 0.3) is 0 Å². The van der Waals surface area contributed by atoms with Crippen LogP contribution in [0.2, 0.25) is 0 Å². The molecule has 104 valence electrons. The number of halogens is 1. The van der Waals surface area contributed by atoms with E-state index < -0.39 is 6.04 Å². The number of rotatable bonds is 2. The van der Waals surface area contributed by atoms with Crippen LogP contribution >= 0.6 is 0 Å². The van der Waals surface area contributed by atoms with Crippen LogP contribution in [0.4, 0.5) is 4.39 Å². The maximum Gasteiger partial charge on any atom is 0.128 e. The molecule has 0 bridgehead atoms. The van der Waals surface area contributed by atoms with Crippen molar-refractivity contribution >= 4 is 0 Å². The van der Waals surface area contributed by atoms with Gasteiger partial charge in [0.15, 0.2) is 0 Å². The Kier molecular flexibility index (Phi) is 3.55. The van der Waals surface area contributed by atoms with Crippen LogP contribution in [0.1, 0.15) is 34.4 Å². The first-order valence-corrected chi connectivity index (χ1v) is 6.88. The van der Waals surface area contributed by atoms with Crippen LogP contribution in [0.5, 0.6) is 0 Å². The van der Waals surface area contributed by atoms with E-state index in [0.717, 1.165) is 17.5 Å². The zero-order valence-electron chi connectivity index (χ0n) is 11.5. The zero-order valence-corrected chi connectivity index (χ0v) is 11.5. The first-order valence-electron chi connectivity index (χ1n) is 6.88. The highest BCUT2D eigenvalue weighted by molar-refractivity contribution is 5.35. The number of hydrogen-bond acceptors (Lipinski definition) is 2. The fourth-order valence-corrected chi connectivity index (χ4v) is 2.80. The summed E-state index contributed by atoms with van der Waals surface area (Å²) in [7, 11) is 0. The van der Waals surface area contributed by atoms with Crippen molar-refractivity contribution in [3.05, 3.63) is 70.5 Å². The van der Waals surface area contributed by atoms with Gasteiger partial charge in [0.05, 0.1) is 12.6 Å². The number of aryl methyl sites for hydroxylation is 1. The average Bonchev–Trinajstić information content (AvgIpc) is 2.48. The van der Waals surface area contributed by atoms with Gasteiger partial charge in [-0.1, -0.05) is 42.0 Å². The molecule has 2 unspecified atom stereocenters. The SMILES string of the molecule is Cc1ccc(F)c(C(N)C2OCCc3ccccc32)c1. The van der Waals surface area contributed by atoms with Gasteiger partial charge in [-0.2, -0.15) is 0 Å². The maximum absolute atomic E-state index is 14.0. The van der Waals surface area contributed by atoms with Crippen molar-refractivity contribution in [3.8, 4) is 0 Å². The smallest absolute Gasteiger partial charge is 0.128 e. The highest BCUT2D eigenvalue weighted by atomic mass is 19.1. The van der Waals surface area contributed by atoms with Crippen LogP contribution in [-0.4, -0.2) is 6.61 Å². The van der Waals surface area contributed by atoms with Crippen molar-refractivity contribution in [1.29, 1.82) is 0 Å². The molecule has 2 atom stereocenters. The van der Waals surface area contributed by atoms with Gasteiger partial charge < -0.3 is 10.5 Å². The molecule has 20 heavy (non-hydrogen) atoms. The highest BCUT2D eigenvalue weighted by Gasteiger charge is 2.28. The Balaban J connectivity index is 1.99. The van der Waals surface area contributed by atoms with E-state index >= 15 is 0 Å². The molecule has 0 radical (unpaired) electrons. The molecule has 1 aliphatic rings. The van der Waals surface area contributed by atoms with Crippen LogP contribution in [0.3, 0.4) is 0 Å². The molecule has 2 nitrogen and oxygen atoms in total. The lowest BCUT2D eigenvalue weighted by molar-refractivity contribution is 0.0234. The van der Waals surface area contributed by atoms with Gasteiger partial charge in [-0.05, 0) is 30.5 Å². The van der Waals surface area contributed by atoms with Gasteiger partial charge in [-0.25, -0.2) is 4.39 Å². The minimum atomic E-state index is -0.489. The van der Waals surface area contributed by atoms with Crippen molar-refractivity contribution in [2.45, 2.75) is 25.5 Å². The van der Waals surface area contributed by atoms with E-state index in [-0.39, 0.29) is 11.9 Å². The second-order valence-corrected chi connectivity index (χ2v) is 5.29. The van der Waals surface area contributed by atoms with Gasteiger partial charge in [0.2, 0.25) is 0 Å². The summed E-state index contributed by atoms with van der Waals surface area (Å²) < 4.78 is 19.8. The monoisotopic (exact) mass is 271 g/mol. The Bertz CT molecular complexity index is 626. The summed E-state index contributed by atoms with van der Waals surface area (Å²) >= 11 is 0. The van der Waals surface area contributed by atoms with E-state index in [0.29, 0.717) is 12.2 Å². The minimum absolute atomic E-state index is 0.269. The topological polar surface area (TPSA) is 35.2 Å². The first-order chi connectivity index (χ1) is 9.66. The Morgan fingerprint density at radius 3 is 2.90 bits per heavy atom. The van der Waals surface area contributed by atoms with Gasteiger partial charge in [0.25, 0.3) is 0 Å². The lowest BCUT2D eigenvalue weighted by Crippen LogP contribution is -2.28. The van der Waals surface area contributed by atoms with Crippen LogP contribution in [0, 0.1) is 12.7 Å². The van der Waals surface area contributed by atoms with E-state index in [4.69, 9.17) is 10.5 Å². The lowest BCUT2D eigenvalue weighted by Gasteiger charge is -2.31. The highest BCUT2D eigenvalue weighted by Crippen LogP contribution is 2.36. The molecule has 0 amide bonds. The van der Waals surface area contributed by atoms with Crippen LogP contribution < -0.4 is 5.73 Å². The van der Waals surface area contributed by atoms with Gasteiger partial charge in [-0.3, -0.25) is 0 Å². The van der Waals surface area contributed by atoms with E-state index in [2.05, 4.69) is 6.07 Å². The van der Waals surface area contributed by atoms with Crippen LogP contribution in [-0.2, 0) is 11.2 Å². The largest absolute Gasteiger partial charge is 0.371 e. The van der Waals surface area contributed by atoms with Crippen LogP contribution in [0.15, 0.2) is 42.5 Å². The van der Waals surface area contributed by atoms with Crippen molar-refractivity contribution in [2.24, 2.45) is 5.73 Å². The summed E-state index contributed by atoms with van der Waals surface area (Å²) in [6.07, 6.45) is 0.603. The third-order valence-electron chi connectivity index (χ3n) is 3.87. The third kappa shape index (κ3) is 2.35. The van der Waals surface area contributed by atoms with E-state index in [9.17, 15) is 4.39 Å². The van der Waals surface area contributed by atoms with Gasteiger partial charge in [0, 0.05) is 5.56 Å². The molecule has 0 spiro atoms. The number of hydrogen-bond donors (Lipinski definition) is 1. The fourth-order valence-electron chi connectivity index (χ4n) is 2.80. The second-order valence-electron chi connectivity index (χ2n) is 5.29. The molecule has 0 saturated carbocycles. The Labute approximate surface area is 118 Å². The molecule has 0 aliphatic carbocycles. The molecule has 3 rings (SSSR count). The number of ether oxygens (including phenoxy) is 1. The van der Waals surface area contributed by atoms with Gasteiger partial charge in [0.1, 0.15) is 11.9 Å². The van der Waals surface area contributed by atoms with E-state index in [1.54, 1.807) is 12.1 Å². The standard InChI is InChI=1S/C17H18FNO/c1-11-6-7-15(18)14(10-11)16(19)17-13-5-3-2-4-12(13)8-9-20-17/h2-7,10,16-17H,8-9,19H2,1H3. The fraction of sp³-hybridized carbons (Fsp3) is 0.294. The molecule has 1 aliphatic heterocycles. The van der Waals surface area contributed by atoms with Crippen molar-refractivity contribution < 1.29 is 9.13 Å². The molecule has 3 heteroatoms. The van der Waals surface area contributed by atoms with Crippen molar-refractivity contribution in [3.63, 3.8) is 0 Å². The van der Waals surface area contributed by atoms with Crippen molar-refractivity contribution in [1.82, 2.24) is 0 Å².